The number of benzene rings is 2. The van der Waals surface area contributed by atoms with E-state index in [2.05, 4.69) is 15.6 Å². The van der Waals surface area contributed by atoms with Crippen molar-refractivity contribution in [3.8, 4) is 11.5 Å². The second-order valence-corrected chi connectivity index (χ2v) is 7.83. The van der Waals surface area contributed by atoms with Gasteiger partial charge in [0, 0.05) is 5.69 Å². The van der Waals surface area contributed by atoms with E-state index < -0.39 is 0 Å². The van der Waals surface area contributed by atoms with Crippen molar-refractivity contribution in [3.05, 3.63) is 69.4 Å². The van der Waals surface area contributed by atoms with Crippen LogP contribution in [0.1, 0.15) is 15.2 Å². The molecule has 4 aromatic rings. The molecule has 5 nitrogen and oxygen atoms in total. The summed E-state index contributed by atoms with van der Waals surface area (Å²) in [5, 5.41) is 8.28. The number of fused-ring (bicyclic) bond motifs is 1. The van der Waals surface area contributed by atoms with Crippen molar-refractivity contribution in [2.45, 2.75) is 6.92 Å². The van der Waals surface area contributed by atoms with Gasteiger partial charge in [-0.2, -0.15) is 0 Å². The summed E-state index contributed by atoms with van der Waals surface area (Å²) in [6.45, 7) is 1.97. The zero-order valence-corrected chi connectivity index (χ0v) is 17.0. The van der Waals surface area contributed by atoms with Crippen LogP contribution >= 0.6 is 35.2 Å². The Labute approximate surface area is 175 Å². The number of oxazole rings is 1. The smallest absolute Gasteiger partial charge is 0.267 e. The summed E-state index contributed by atoms with van der Waals surface area (Å²) in [6, 6.07) is 14.7. The minimum absolute atomic E-state index is 0.211. The quantitative estimate of drug-likeness (QED) is 0.414. The fourth-order valence-corrected chi connectivity index (χ4v) is 3.79. The highest BCUT2D eigenvalue weighted by atomic mass is 35.5. The number of rotatable bonds is 3. The monoisotopic (exact) mass is 427 g/mol. The first-order chi connectivity index (χ1) is 13.5. The molecular weight excluding hydrogens is 414 g/mol. The highest BCUT2D eigenvalue weighted by Crippen LogP contribution is 2.31. The van der Waals surface area contributed by atoms with Crippen LogP contribution in [0, 0.1) is 6.92 Å². The Morgan fingerprint density at radius 3 is 2.82 bits per heavy atom. The zero-order chi connectivity index (χ0) is 19.7. The maximum atomic E-state index is 12.1. The lowest BCUT2D eigenvalue weighted by molar-refractivity contribution is 0.0981. The van der Waals surface area contributed by atoms with Crippen LogP contribution in [-0.2, 0) is 0 Å². The summed E-state index contributed by atoms with van der Waals surface area (Å²) < 4.78 is 5.82. The molecule has 8 heteroatoms. The first kappa shape index (κ1) is 18.6. The first-order valence-corrected chi connectivity index (χ1v) is 9.99. The van der Waals surface area contributed by atoms with Gasteiger partial charge in [-0.15, -0.1) is 11.3 Å². The maximum Gasteiger partial charge on any atom is 0.267 e. The van der Waals surface area contributed by atoms with Crippen LogP contribution in [0.5, 0.6) is 0 Å². The summed E-state index contributed by atoms with van der Waals surface area (Å²) >= 11 is 12.9. The van der Waals surface area contributed by atoms with Crippen molar-refractivity contribution in [1.29, 1.82) is 0 Å². The van der Waals surface area contributed by atoms with E-state index in [9.17, 15) is 4.79 Å². The van der Waals surface area contributed by atoms with Gasteiger partial charge < -0.3 is 9.73 Å². The number of hydrogen-bond acceptors (Lipinski definition) is 5. The molecule has 1 amide bonds. The second-order valence-electron chi connectivity index (χ2n) is 6.07. The van der Waals surface area contributed by atoms with E-state index in [1.165, 1.54) is 11.3 Å². The fraction of sp³-hybridized carbons (Fsp3) is 0.0500. The van der Waals surface area contributed by atoms with Crippen LogP contribution < -0.4 is 10.6 Å². The topological polar surface area (TPSA) is 67.2 Å². The summed E-state index contributed by atoms with van der Waals surface area (Å²) in [5.41, 5.74) is 3.78. The summed E-state index contributed by atoms with van der Waals surface area (Å²) in [7, 11) is 0. The predicted octanol–water partition coefficient (Wildman–Crippen LogP) is 5.64. The molecule has 0 saturated heterocycles. The van der Waals surface area contributed by atoms with Gasteiger partial charge in [-0.3, -0.25) is 10.1 Å². The van der Waals surface area contributed by atoms with E-state index in [0.29, 0.717) is 32.6 Å². The van der Waals surface area contributed by atoms with Crippen molar-refractivity contribution in [2.24, 2.45) is 0 Å². The number of carbonyl (C=O) groups is 1. The van der Waals surface area contributed by atoms with Crippen molar-refractivity contribution in [2.75, 3.05) is 5.32 Å². The Balaban J connectivity index is 1.53. The molecule has 0 aliphatic carbocycles. The third-order valence-electron chi connectivity index (χ3n) is 3.97. The third-order valence-corrected chi connectivity index (χ3v) is 5.36. The number of carbonyl (C=O) groups excluding carboxylic acids is 1. The molecule has 4 rings (SSSR count). The maximum absolute atomic E-state index is 12.1. The molecule has 0 spiro atoms. The number of thiophene rings is 1. The first-order valence-electron chi connectivity index (χ1n) is 8.32. The number of aromatic nitrogens is 1. The minimum atomic E-state index is -0.244. The van der Waals surface area contributed by atoms with Gasteiger partial charge in [0.2, 0.25) is 5.89 Å². The van der Waals surface area contributed by atoms with E-state index in [1.54, 1.807) is 24.3 Å². The lowest BCUT2D eigenvalue weighted by Crippen LogP contribution is -2.33. The minimum Gasteiger partial charge on any atom is -0.436 e. The number of halogens is 1. The number of thiocarbonyl (C=S) groups is 1. The van der Waals surface area contributed by atoms with E-state index >= 15 is 0 Å². The Hall–Kier alpha value is -2.74. The molecule has 2 aromatic heterocycles. The Morgan fingerprint density at radius 2 is 2.07 bits per heavy atom. The van der Waals surface area contributed by atoms with Gasteiger partial charge in [0.05, 0.1) is 15.5 Å². The third kappa shape index (κ3) is 3.91. The number of aryl methyl sites for hydroxylation is 1. The molecule has 2 heterocycles. The lowest BCUT2D eigenvalue weighted by atomic mass is 10.1. The molecule has 0 aliphatic rings. The molecule has 0 saturated carbocycles. The van der Waals surface area contributed by atoms with Crippen LogP contribution in [0.3, 0.4) is 0 Å². The Morgan fingerprint density at radius 1 is 1.21 bits per heavy atom. The SMILES string of the molecule is Cc1ccc(-c2nc3cc(NC(=S)NC(=O)c4cccs4)ccc3o2)c(Cl)c1. The van der Waals surface area contributed by atoms with Gasteiger partial charge >= 0.3 is 0 Å². The highest BCUT2D eigenvalue weighted by molar-refractivity contribution is 7.80. The van der Waals surface area contributed by atoms with E-state index in [4.69, 9.17) is 28.2 Å². The predicted molar refractivity (Wildman–Crippen MR) is 117 cm³/mol. The van der Waals surface area contributed by atoms with Crippen molar-refractivity contribution < 1.29 is 9.21 Å². The average molecular weight is 428 g/mol. The summed E-state index contributed by atoms with van der Waals surface area (Å²) in [4.78, 5) is 17.2. The van der Waals surface area contributed by atoms with Crippen LogP contribution in [-0.4, -0.2) is 16.0 Å². The summed E-state index contributed by atoms with van der Waals surface area (Å²) in [6.07, 6.45) is 0. The van der Waals surface area contributed by atoms with Gasteiger partial charge in [0.15, 0.2) is 10.7 Å². The van der Waals surface area contributed by atoms with Gasteiger partial charge in [-0.1, -0.05) is 23.7 Å². The van der Waals surface area contributed by atoms with Crippen LogP contribution in [0.25, 0.3) is 22.6 Å². The molecule has 0 atom stereocenters. The number of amides is 1. The zero-order valence-electron chi connectivity index (χ0n) is 14.7. The van der Waals surface area contributed by atoms with Gasteiger partial charge in [-0.25, -0.2) is 4.98 Å². The average Bonchev–Trinajstić information content (AvgIpc) is 3.31. The molecule has 0 fully saturated rings. The van der Waals surface area contributed by atoms with Crippen LogP contribution in [0.15, 0.2) is 58.3 Å². The van der Waals surface area contributed by atoms with Crippen molar-refractivity contribution >= 4 is 63.0 Å². The molecule has 0 radical (unpaired) electrons. The molecule has 140 valence electrons. The van der Waals surface area contributed by atoms with E-state index in [-0.39, 0.29) is 11.0 Å². The molecule has 0 bridgehead atoms. The number of anilines is 1. The van der Waals surface area contributed by atoms with E-state index in [1.807, 2.05) is 36.6 Å². The largest absolute Gasteiger partial charge is 0.436 e. The van der Waals surface area contributed by atoms with Crippen molar-refractivity contribution in [3.63, 3.8) is 0 Å². The fourth-order valence-electron chi connectivity index (χ4n) is 2.65. The number of nitrogens with zero attached hydrogens (tertiary/aromatic N) is 1. The molecular formula is C20H14ClN3O2S2. The van der Waals surface area contributed by atoms with Crippen LogP contribution in [0.4, 0.5) is 5.69 Å². The van der Waals surface area contributed by atoms with E-state index in [0.717, 1.165) is 11.1 Å². The summed E-state index contributed by atoms with van der Waals surface area (Å²) in [5.74, 6) is 0.206. The standard InChI is InChI=1S/C20H14ClN3O2S2/c1-11-4-6-13(14(21)9-11)19-23-15-10-12(5-7-16(15)26-19)22-20(27)24-18(25)17-3-2-8-28-17/h2-10H,1H3,(H2,22,24,25,27). The second kappa shape index (κ2) is 7.71. The molecule has 28 heavy (non-hydrogen) atoms. The molecule has 2 N–H and O–H groups in total. The Bertz CT molecular complexity index is 1190. The highest BCUT2D eigenvalue weighted by Gasteiger charge is 2.13. The lowest BCUT2D eigenvalue weighted by Gasteiger charge is -2.08. The van der Waals surface area contributed by atoms with Crippen LogP contribution in [0.2, 0.25) is 5.02 Å². The number of hydrogen-bond donors (Lipinski definition) is 2. The number of nitrogens with one attached hydrogen (secondary N) is 2. The van der Waals surface area contributed by atoms with Gasteiger partial charge in [0.25, 0.3) is 5.91 Å². The Kier molecular flexibility index (Phi) is 5.13. The van der Waals surface area contributed by atoms with Crippen molar-refractivity contribution in [1.82, 2.24) is 10.3 Å². The molecule has 0 unspecified atom stereocenters. The molecule has 0 aliphatic heterocycles. The van der Waals surface area contributed by atoms with Gasteiger partial charge in [0.1, 0.15) is 5.52 Å². The molecule has 2 aromatic carbocycles. The van der Waals surface area contributed by atoms with Gasteiger partial charge in [-0.05, 0) is 66.5 Å². The normalized spacial score (nSPS) is 10.8.